The van der Waals surface area contributed by atoms with E-state index in [1.165, 1.54) is 0 Å². The molecule has 1 saturated heterocycles. The largest absolute Gasteiger partial charge is 0.394 e. The highest BCUT2D eigenvalue weighted by Gasteiger charge is 2.52. The lowest BCUT2D eigenvalue weighted by Gasteiger charge is -2.44. The van der Waals surface area contributed by atoms with Crippen LogP contribution >= 0.6 is 0 Å². The lowest BCUT2D eigenvalue weighted by atomic mass is 9.93. The number of hydrogen-bond donors (Lipinski definition) is 6. The Balaban J connectivity index is 2.84. The highest BCUT2D eigenvalue weighted by Crippen LogP contribution is 2.27. The topological polar surface area (TPSA) is 131 Å². The molecule has 0 aliphatic carbocycles. The minimum absolute atomic E-state index is 0.646. The lowest BCUT2D eigenvalue weighted by molar-refractivity contribution is -0.357. The van der Waals surface area contributed by atoms with Crippen LogP contribution in [0.2, 0.25) is 0 Å². The molecule has 0 aromatic rings. The summed E-state index contributed by atoms with van der Waals surface area (Å²) in [5.74, 6) is -2.36. The van der Waals surface area contributed by atoms with Gasteiger partial charge < -0.3 is 35.4 Å². The number of aliphatic hydroxyl groups is 6. The second-order valence-corrected chi connectivity index (χ2v) is 3.27. The van der Waals surface area contributed by atoms with Crippen molar-refractivity contribution in [1.29, 1.82) is 0 Å². The Morgan fingerprint density at radius 1 is 1.07 bits per heavy atom. The third kappa shape index (κ3) is 1.75. The molecule has 1 fully saturated rings. The summed E-state index contributed by atoms with van der Waals surface area (Å²) in [6, 6.07) is 0. The highest BCUT2D eigenvalue weighted by molar-refractivity contribution is 4.95. The van der Waals surface area contributed by atoms with E-state index in [9.17, 15) is 20.4 Å². The van der Waals surface area contributed by atoms with E-state index in [2.05, 4.69) is 4.74 Å². The molecule has 0 aromatic heterocycles. The van der Waals surface area contributed by atoms with E-state index in [0.29, 0.717) is 0 Å². The van der Waals surface area contributed by atoms with E-state index in [1.54, 1.807) is 0 Å². The Bertz CT molecular complexity index is 196. The Morgan fingerprint density at radius 2 is 1.64 bits per heavy atom. The summed E-state index contributed by atoms with van der Waals surface area (Å²) in [5.41, 5.74) is 0. The van der Waals surface area contributed by atoms with Gasteiger partial charge >= 0.3 is 0 Å². The van der Waals surface area contributed by atoms with Gasteiger partial charge in [0, 0.05) is 0 Å². The standard InChI is InChI=1S/C7H14O7/c8-1-3-4(10)5(11)6(12)7(13,2-9)14-3/h3-6,8-13H,1-2H2/t3-,4-,5-,6-,7+/m0/s1. The average molecular weight is 210 g/mol. The third-order valence-corrected chi connectivity index (χ3v) is 2.28. The molecule has 84 valence electrons. The summed E-state index contributed by atoms with van der Waals surface area (Å²) >= 11 is 0. The maximum Gasteiger partial charge on any atom is 0.219 e. The molecule has 0 saturated carbocycles. The molecule has 7 heteroatoms. The van der Waals surface area contributed by atoms with E-state index in [1.807, 2.05) is 0 Å². The zero-order valence-electron chi connectivity index (χ0n) is 7.32. The molecule has 14 heavy (non-hydrogen) atoms. The van der Waals surface area contributed by atoms with E-state index in [4.69, 9.17) is 10.2 Å². The molecule has 1 aliphatic heterocycles. The summed E-state index contributed by atoms with van der Waals surface area (Å²) < 4.78 is 4.66. The summed E-state index contributed by atoms with van der Waals surface area (Å²) in [4.78, 5) is 0. The van der Waals surface area contributed by atoms with Gasteiger partial charge in [-0.05, 0) is 0 Å². The van der Waals surface area contributed by atoms with Crippen molar-refractivity contribution < 1.29 is 35.4 Å². The summed E-state index contributed by atoms with van der Waals surface area (Å²) in [5, 5.41) is 54.6. The fraction of sp³-hybridized carbons (Fsp3) is 1.00. The molecule has 0 unspecified atom stereocenters. The lowest BCUT2D eigenvalue weighted by Crippen LogP contribution is -2.66. The summed E-state index contributed by atoms with van der Waals surface area (Å²) in [6.07, 6.45) is -6.27. The Hall–Kier alpha value is -0.280. The first kappa shape index (κ1) is 11.8. The van der Waals surface area contributed by atoms with E-state index < -0.39 is 43.4 Å². The first-order chi connectivity index (χ1) is 6.46. The van der Waals surface area contributed by atoms with E-state index in [0.717, 1.165) is 0 Å². The second-order valence-electron chi connectivity index (χ2n) is 3.27. The smallest absolute Gasteiger partial charge is 0.219 e. The van der Waals surface area contributed by atoms with Gasteiger partial charge in [-0.3, -0.25) is 0 Å². The van der Waals surface area contributed by atoms with Crippen LogP contribution in [0.4, 0.5) is 0 Å². The van der Waals surface area contributed by atoms with Crippen LogP contribution in [0.5, 0.6) is 0 Å². The van der Waals surface area contributed by atoms with Crippen LogP contribution in [0.15, 0.2) is 0 Å². The van der Waals surface area contributed by atoms with Crippen LogP contribution in [0, 0.1) is 0 Å². The van der Waals surface area contributed by atoms with Crippen molar-refractivity contribution in [3.8, 4) is 0 Å². The van der Waals surface area contributed by atoms with Gasteiger partial charge in [-0.25, -0.2) is 0 Å². The minimum atomic E-state index is -2.36. The van der Waals surface area contributed by atoms with Crippen molar-refractivity contribution in [2.24, 2.45) is 0 Å². The molecular weight excluding hydrogens is 196 g/mol. The van der Waals surface area contributed by atoms with Crippen molar-refractivity contribution >= 4 is 0 Å². The van der Waals surface area contributed by atoms with E-state index in [-0.39, 0.29) is 0 Å². The molecule has 0 aromatic carbocycles. The zero-order chi connectivity index (χ0) is 10.9. The molecule has 0 amide bonds. The summed E-state index contributed by atoms with van der Waals surface area (Å²) in [7, 11) is 0. The zero-order valence-corrected chi connectivity index (χ0v) is 7.32. The highest BCUT2D eigenvalue weighted by atomic mass is 16.7. The molecule has 1 aliphatic rings. The van der Waals surface area contributed by atoms with Crippen molar-refractivity contribution in [1.82, 2.24) is 0 Å². The molecular formula is C7H14O7. The Morgan fingerprint density at radius 3 is 2.07 bits per heavy atom. The maximum atomic E-state index is 9.43. The molecule has 7 nitrogen and oxygen atoms in total. The van der Waals surface area contributed by atoms with Crippen molar-refractivity contribution in [3.05, 3.63) is 0 Å². The molecule has 0 radical (unpaired) electrons. The van der Waals surface area contributed by atoms with Crippen LogP contribution in [0.1, 0.15) is 0 Å². The first-order valence-corrected chi connectivity index (χ1v) is 4.12. The van der Waals surface area contributed by atoms with Gasteiger partial charge in [0.15, 0.2) is 0 Å². The van der Waals surface area contributed by atoms with Crippen LogP contribution in [0.25, 0.3) is 0 Å². The van der Waals surface area contributed by atoms with Gasteiger partial charge in [-0.1, -0.05) is 0 Å². The van der Waals surface area contributed by atoms with Crippen LogP contribution in [-0.2, 0) is 4.74 Å². The third-order valence-electron chi connectivity index (χ3n) is 2.28. The Labute approximate surface area is 79.8 Å². The van der Waals surface area contributed by atoms with E-state index >= 15 is 0 Å². The van der Waals surface area contributed by atoms with Gasteiger partial charge in [0.25, 0.3) is 0 Å². The second kappa shape index (κ2) is 4.07. The predicted molar refractivity (Wildman–Crippen MR) is 42.0 cm³/mol. The first-order valence-electron chi connectivity index (χ1n) is 4.12. The quantitative estimate of drug-likeness (QED) is 0.275. The monoisotopic (exact) mass is 210 g/mol. The maximum absolute atomic E-state index is 9.43. The van der Waals surface area contributed by atoms with Gasteiger partial charge in [-0.15, -0.1) is 0 Å². The normalized spacial score (nSPS) is 49.3. The van der Waals surface area contributed by atoms with Crippen LogP contribution < -0.4 is 0 Å². The predicted octanol–water partition coefficient (Wildman–Crippen LogP) is -3.86. The number of aliphatic hydroxyl groups excluding tert-OH is 5. The van der Waals surface area contributed by atoms with Gasteiger partial charge in [0.2, 0.25) is 5.79 Å². The fourth-order valence-electron chi connectivity index (χ4n) is 1.35. The minimum Gasteiger partial charge on any atom is -0.394 e. The Kier molecular flexibility index (Phi) is 3.43. The van der Waals surface area contributed by atoms with Crippen LogP contribution in [-0.4, -0.2) is 74.1 Å². The van der Waals surface area contributed by atoms with Gasteiger partial charge in [0.1, 0.15) is 24.4 Å². The van der Waals surface area contributed by atoms with Crippen molar-refractivity contribution in [3.63, 3.8) is 0 Å². The number of ether oxygens (including phenoxy) is 1. The molecule has 6 N–H and O–H groups in total. The molecule has 1 heterocycles. The van der Waals surface area contributed by atoms with Gasteiger partial charge in [-0.2, -0.15) is 0 Å². The SMILES string of the molecule is OC[C@@H]1O[C@](O)(CO)[C@@H](O)[C@@H](O)[C@H]1O. The number of rotatable bonds is 2. The average Bonchev–Trinajstić information content (AvgIpc) is 2.20. The fourth-order valence-corrected chi connectivity index (χ4v) is 1.35. The summed E-state index contributed by atoms with van der Waals surface area (Å²) in [6.45, 7) is -1.60. The molecule has 0 spiro atoms. The van der Waals surface area contributed by atoms with Crippen molar-refractivity contribution in [2.75, 3.05) is 13.2 Å². The molecule has 1 rings (SSSR count). The number of hydrogen-bond acceptors (Lipinski definition) is 7. The van der Waals surface area contributed by atoms with Crippen LogP contribution in [0.3, 0.4) is 0 Å². The molecule has 5 atom stereocenters. The van der Waals surface area contributed by atoms with Crippen molar-refractivity contribution in [2.45, 2.75) is 30.2 Å². The molecule has 0 bridgehead atoms. The van der Waals surface area contributed by atoms with Gasteiger partial charge in [0.05, 0.1) is 13.2 Å².